The van der Waals surface area contributed by atoms with Gasteiger partial charge in [-0.25, -0.2) is 9.18 Å². The van der Waals surface area contributed by atoms with Gasteiger partial charge in [-0.1, -0.05) is 18.2 Å². The highest BCUT2D eigenvalue weighted by Crippen LogP contribution is 2.34. The van der Waals surface area contributed by atoms with E-state index in [0.717, 1.165) is 16.2 Å². The van der Waals surface area contributed by atoms with Gasteiger partial charge in [-0.3, -0.25) is 9.59 Å². The average molecular weight is 407 g/mol. The number of carbonyl (C=O) groups is 3. The van der Waals surface area contributed by atoms with Gasteiger partial charge in [-0.2, -0.15) is 0 Å². The van der Waals surface area contributed by atoms with E-state index in [1.807, 2.05) is 0 Å². The summed E-state index contributed by atoms with van der Waals surface area (Å²) in [5.41, 5.74) is 1.22. The highest BCUT2D eigenvalue weighted by atomic mass is 32.1. The third kappa shape index (κ3) is 5.24. The second kappa shape index (κ2) is 9.57. The minimum Gasteiger partial charge on any atom is -0.462 e. The van der Waals surface area contributed by atoms with E-state index in [4.69, 9.17) is 4.74 Å². The van der Waals surface area contributed by atoms with Crippen molar-refractivity contribution in [3.63, 3.8) is 0 Å². The summed E-state index contributed by atoms with van der Waals surface area (Å²) < 4.78 is 18.8. The number of hydrogen-bond acceptors (Lipinski definition) is 5. The summed E-state index contributed by atoms with van der Waals surface area (Å²) >= 11 is 1.06. The second-order valence-electron chi connectivity index (χ2n) is 6.49. The first-order valence-corrected chi connectivity index (χ1v) is 9.72. The first kappa shape index (κ1) is 21.7. The van der Waals surface area contributed by atoms with Crippen LogP contribution in [0.2, 0.25) is 0 Å². The number of hydrogen-bond donors (Lipinski definition) is 2. The van der Waals surface area contributed by atoms with Crippen molar-refractivity contribution in [2.75, 3.05) is 25.5 Å². The second-order valence-corrected chi connectivity index (χ2v) is 7.51. The molecule has 6 nitrogen and oxygen atoms in total. The van der Waals surface area contributed by atoms with Crippen LogP contribution >= 0.6 is 11.3 Å². The quantitative estimate of drug-likeness (QED) is 0.520. The van der Waals surface area contributed by atoms with E-state index in [9.17, 15) is 18.8 Å². The summed E-state index contributed by atoms with van der Waals surface area (Å²) in [6.45, 7) is 5.35. The molecule has 1 aromatic heterocycles. The fourth-order valence-corrected chi connectivity index (χ4v) is 3.97. The molecule has 0 aliphatic heterocycles. The molecular formula is C20H24FN2O4S+. The Morgan fingerprint density at radius 2 is 1.93 bits per heavy atom. The number of anilines is 1. The van der Waals surface area contributed by atoms with Crippen molar-refractivity contribution in [2.45, 2.75) is 27.3 Å². The van der Waals surface area contributed by atoms with Crippen LogP contribution in [0.4, 0.5) is 9.39 Å². The predicted molar refractivity (Wildman–Crippen MR) is 106 cm³/mol. The normalized spacial score (nSPS) is 11.8. The maximum Gasteiger partial charge on any atom is 0.341 e. The SMILES string of the molecule is CCOC(=O)c1c(NC(=O)C[NH+](C)Cc2ccccc2F)sc(C(C)=O)c1C. The van der Waals surface area contributed by atoms with Crippen molar-refractivity contribution in [1.29, 1.82) is 0 Å². The monoisotopic (exact) mass is 407 g/mol. The molecule has 0 aliphatic carbocycles. The first-order chi connectivity index (χ1) is 13.2. The maximum absolute atomic E-state index is 13.8. The molecule has 1 heterocycles. The van der Waals surface area contributed by atoms with Gasteiger partial charge in [0.25, 0.3) is 5.91 Å². The van der Waals surface area contributed by atoms with Crippen LogP contribution in [0.3, 0.4) is 0 Å². The standard InChI is InChI=1S/C20H23FN2O4S/c1-5-27-20(26)17-12(2)18(13(3)24)28-19(17)22-16(25)11-23(4)10-14-8-6-7-9-15(14)21/h6-9H,5,10-11H2,1-4H3,(H,22,25)/p+1. The number of thiophene rings is 1. The Hall–Kier alpha value is -2.58. The van der Waals surface area contributed by atoms with E-state index < -0.39 is 5.97 Å². The van der Waals surface area contributed by atoms with E-state index in [-0.39, 0.29) is 36.2 Å². The summed E-state index contributed by atoms with van der Waals surface area (Å²) in [7, 11) is 1.78. The topological polar surface area (TPSA) is 76.9 Å². The van der Waals surface area contributed by atoms with E-state index in [1.165, 1.54) is 13.0 Å². The molecule has 150 valence electrons. The molecule has 1 atom stereocenters. The van der Waals surface area contributed by atoms with Crippen molar-refractivity contribution in [2.24, 2.45) is 0 Å². The number of quaternary nitrogens is 1. The smallest absolute Gasteiger partial charge is 0.341 e. The van der Waals surface area contributed by atoms with Crippen molar-refractivity contribution in [1.82, 2.24) is 0 Å². The van der Waals surface area contributed by atoms with Crippen LogP contribution in [0.25, 0.3) is 0 Å². The summed E-state index contributed by atoms with van der Waals surface area (Å²) in [4.78, 5) is 37.7. The third-order valence-corrected chi connectivity index (χ3v) is 5.42. The van der Waals surface area contributed by atoms with Crippen molar-refractivity contribution in [3.8, 4) is 0 Å². The molecule has 0 spiro atoms. The first-order valence-electron chi connectivity index (χ1n) is 8.90. The van der Waals surface area contributed by atoms with Crippen LogP contribution in [-0.4, -0.2) is 37.9 Å². The van der Waals surface area contributed by atoms with Crippen molar-refractivity contribution < 1.29 is 28.4 Å². The Morgan fingerprint density at radius 3 is 2.54 bits per heavy atom. The number of rotatable bonds is 8. The number of esters is 1. The largest absolute Gasteiger partial charge is 0.462 e. The van der Waals surface area contributed by atoms with Crippen LogP contribution in [0.5, 0.6) is 0 Å². The van der Waals surface area contributed by atoms with Gasteiger partial charge in [-0.05, 0) is 32.4 Å². The lowest BCUT2D eigenvalue weighted by Crippen LogP contribution is -3.08. The minimum absolute atomic E-state index is 0.0724. The maximum atomic E-state index is 13.8. The van der Waals surface area contributed by atoms with Gasteiger partial charge in [0.2, 0.25) is 0 Å². The van der Waals surface area contributed by atoms with Crippen molar-refractivity contribution >= 4 is 34.0 Å². The van der Waals surface area contributed by atoms with Crippen LogP contribution in [0.1, 0.15) is 45.0 Å². The minimum atomic E-state index is -0.578. The molecule has 0 bridgehead atoms. The lowest BCUT2D eigenvalue weighted by atomic mass is 10.1. The van der Waals surface area contributed by atoms with Gasteiger partial charge in [0.05, 0.1) is 24.1 Å². The summed E-state index contributed by atoms with van der Waals surface area (Å²) in [6.07, 6.45) is 0. The Balaban J connectivity index is 2.14. The number of nitrogens with one attached hydrogen (secondary N) is 2. The number of benzene rings is 1. The molecule has 1 unspecified atom stereocenters. The molecule has 0 saturated heterocycles. The molecule has 0 aliphatic rings. The number of halogens is 1. The molecule has 1 amide bonds. The van der Waals surface area contributed by atoms with Gasteiger partial charge < -0.3 is 15.0 Å². The molecule has 2 rings (SSSR count). The Labute approximate surface area is 167 Å². The molecule has 8 heteroatoms. The number of carbonyl (C=O) groups excluding carboxylic acids is 3. The van der Waals surface area contributed by atoms with Gasteiger partial charge in [-0.15, -0.1) is 11.3 Å². The Kier molecular flexibility index (Phi) is 7.42. The molecule has 1 aromatic carbocycles. The number of likely N-dealkylation sites (N-methyl/N-ethyl adjacent to an activating group) is 1. The van der Waals surface area contributed by atoms with Crippen LogP contribution in [-0.2, 0) is 16.1 Å². The Bertz CT molecular complexity index is 894. The van der Waals surface area contributed by atoms with Crippen molar-refractivity contribution in [3.05, 3.63) is 51.7 Å². The predicted octanol–water partition coefficient (Wildman–Crippen LogP) is 2.23. The zero-order valence-corrected chi connectivity index (χ0v) is 17.2. The summed E-state index contributed by atoms with van der Waals surface area (Å²) in [5.74, 6) is -1.41. The van der Waals surface area contributed by atoms with E-state index in [0.29, 0.717) is 27.5 Å². The zero-order valence-electron chi connectivity index (χ0n) is 16.3. The van der Waals surface area contributed by atoms with Crippen LogP contribution in [0.15, 0.2) is 24.3 Å². The average Bonchev–Trinajstić information content (AvgIpc) is 2.93. The highest BCUT2D eigenvalue weighted by molar-refractivity contribution is 7.18. The molecular weight excluding hydrogens is 383 g/mol. The lowest BCUT2D eigenvalue weighted by molar-refractivity contribution is -0.885. The summed E-state index contributed by atoms with van der Waals surface area (Å²) in [5, 5.41) is 3.01. The fourth-order valence-electron chi connectivity index (χ4n) is 2.86. The van der Waals surface area contributed by atoms with E-state index in [1.54, 1.807) is 39.1 Å². The van der Waals surface area contributed by atoms with Gasteiger partial charge >= 0.3 is 5.97 Å². The summed E-state index contributed by atoms with van der Waals surface area (Å²) in [6, 6.07) is 6.42. The van der Waals surface area contributed by atoms with E-state index >= 15 is 0 Å². The van der Waals surface area contributed by atoms with Gasteiger partial charge in [0.15, 0.2) is 12.3 Å². The Morgan fingerprint density at radius 1 is 1.25 bits per heavy atom. The molecule has 0 radical (unpaired) electrons. The fraction of sp³-hybridized carbons (Fsp3) is 0.350. The number of ketones is 1. The zero-order chi connectivity index (χ0) is 20.8. The number of ether oxygens (including phenoxy) is 1. The molecule has 2 aromatic rings. The number of Topliss-reactive ketones (excluding diaryl/α,β-unsaturated/α-hetero) is 1. The molecule has 0 fully saturated rings. The molecule has 0 saturated carbocycles. The van der Waals surface area contributed by atoms with Crippen LogP contribution in [0, 0.1) is 12.7 Å². The van der Waals surface area contributed by atoms with E-state index in [2.05, 4.69) is 5.32 Å². The molecule has 2 N–H and O–H groups in total. The van der Waals surface area contributed by atoms with Crippen LogP contribution < -0.4 is 10.2 Å². The lowest BCUT2D eigenvalue weighted by Gasteiger charge is -2.14. The number of amides is 1. The van der Waals surface area contributed by atoms with Gasteiger partial charge in [0, 0.05) is 5.56 Å². The third-order valence-electron chi connectivity index (χ3n) is 4.11. The molecule has 28 heavy (non-hydrogen) atoms. The van der Waals surface area contributed by atoms with Gasteiger partial charge in [0.1, 0.15) is 17.4 Å². The highest BCUT2D eigenvalue weighted by Gasteiger charge is 2.26.